The van der Waals surface area contributed by atoms with Crippen LogP contribution in [0, 0.1) is 0 Å². The minimum atomic E-state index is -3.70. The number of aryl methyl sites for hydroxylation is 2. The number of aromatic nitrogens is 4. The Morgan fingerprint density at radius 3 is 2.73 bits per heavy atom. The lowest BCUT2D eigenvalue weighted by atomic mass is 10.1. The van der Waals surface area contributed by atoms with E-state index in [0.29, 0.717) is 41.9 Å². The van der Waals surface area contributed by atoms with Crippen LogP contribution in [0.15, 0.2) is 27.9 Å². The van der Waals surface area contributed by atoms with Crippen LogP contribution in [-0.4, -0.2) is 51.7 Å². The molecule has 1 aliphatic rings. The Labute approximate surface area is 193 Å². The van der Waals surface area contributed by atoms with Crippen molar-refractivity contribution in [3.63, 3.8) is 0 Å². The first-order valence-electron chi connectivity index (χ1n) is 11.5. The van der Waals surface area contributed by atoms with Crippen molar-refractivity contribution in [1.29, 1.82) is 0 Å². The van der Waals surface area contributed by atoms with Crippen LogP contribution in [0.3, 0.4) is 0 Å². The van der Waals surface area contributed by atoms with Crippen LogP contribution in [0.5, 0.6) is 5.75 Å². The normalized spacial score (nSPS) is 17.5. The van der Waals surface area contributed by atoms with E-state index in [1.54, 1.807) is 29.6 Å². The number of piperidine rings is 1. The molecule has 1 saturated heterocycles. The quantitative estimate of drug-likeness (QED) is 0.564. The number of aromatic amines is 1. The van der Waals surface area contributed by atoms with Gasteiger partial charge in [0.2, 0.25) is 10.0 Å². The Hall–Kier alpha value is -2.72. The summed E-state index contributed by atoms with van der Waals surface area (Å²) in [7, 11) is -1.98. The van der Waals surface area contributed by atoms with Gasteiger partial charge in [-0.3, -0.25) is 9.48 Å². The zero-order valence-corrected chi connectivity index (χ0v) is 20.4. The smallest absolute Gasteiger partial charge is 0.277 e. The molecule has 1 aromatic carbocycles. The van der Waals surface area contributed by atoms with Crippen molar-refractivity contribution >= 4 is 21.1 Å². The van der Waals surface area contributed by atoms with Crippen molar-refractivity contribution in [1.82, 2.24) is 24.1 Å². The molecule has 178 valence electrons. The molecule has 1 N–H and O–H groups in total. The summed E-state index contributed by atoms with van der Waals surface area (Å²) < 4.78 is 35.8. The first kappa shape index (κ1) is 23.4. The number of hydrogen-bond donors (Lipinski definition) is 1. The lowest BCUT2D eigenvalue weighted by Gasteiger charge is -2.32. The van der Waals surface area contributed by atoms with Crippen LogP contribution in [0.2, 0.25) is 0 Å². The summed E-state index contributed by atoms with van der Waals surface area (Å²) in [5.41, 5.74) is 1.77. The largest absolute Gasteiger partial charge is 0.493 e. The third-order valence-corrected chi connectivity index (χ3v) is 8.11. The predicted octanol–water partition coefficient (Wildman–Crippen LogP) is 3.24. The molecule has 9 nitrogen and oxygen atoms in total. The summed E-state index contributed by atoms with van der Waals surface area (Å²) in [6, 6.07) is 4.71. The van der Waals surface area contributed by atoms with E-state index in [4.69, 9.17) is 9.72 Å². The number of fused-ring (bicyclic) bond motifs is 1. The first-order valence-corrected chi connectivity index (χ1v) is 13.0. The summed E-state index contributed by atoms with van der Waals surface area (Å²) in [5.74, 6) is 0.733. The second-order valence-electron chi connectivity index (χ2n) is 8.48. The van der Waals surface area contributed by atoms with E-state index < -0.39 is 10.0 Å². The van der Waals surface area contributed by atoms with Gasteiger partial charge in [0, 0.05) is 19.6 Å². The molecule has 3 aromatic rings. The molecule has 1 unspecified atom stereocenters. The zero-order chi connectivity index (χ0) is 23.8. The van der Waals surface area contributed by atoms with E-state index in [9.17, 15) is 13.2 Å². The average Bonchev–Trinajstić information content (AvgIpc) is 3.10. The van der Waals surface area contributed by atoms with Gasteiger partial charge >= 0.3 is 0 Å². The summed E-state index contributed by atoms with van der Waals surface area (Å²) in [6.07, 6.45) is 4.27. The molecule has 1 aliphatic heterocycles. The van der Waals surface area contributed by atoms with Gasteiger partial charge in [-0.2, -0.15) is 9.40 Å². The zero-order valence-electron chi connectivity index (χ0n) is 19.6. The first-order chi connectivity index (χ1) is 15.8. The predicted molar refractivity (Wildman–Crippen MR) is 127 cm³/mol. The van der Waals surface area contributed by atoms with Gasteiger partial charge in [0.25, 0.3) is 5.56 Å². The minimum absolute atomic E-state index is 0.0555. The fourth-order valence-electron chi connectivity index (χ4n) is 4.48. The number of nitrogens with zero attached hydrogens (tertiary/aromatic N) is 4. The molecule has 3 heterocycles. The highest BCUT2D eigenvalue weighted by Crippen LogP contribution is 2.33. The van der Waals surface area contributed by atoms with Gasteiger partial charge in [0.05, 0.1) is 22.8 Å². The highest BCUT2D eigenvalue weighted by Gasteiger charge is 2.32. The standard InChI is InChI=1S/C23H31N5O4S/c1-5-9-18-20-21(27(4)26-18)23(29)25-22(24-20)17-14-16(11-12-19(17)32-6-2)33(30,31)28-13-8-7-10-15(28)3/h11-12,14-15H,5-10,13H2,1-4H3,(H,24,25,29). The fraction of sp³-hybridized carbons (Fsp3) is 0.522. The summed E-state index contributed by atoms with van der Waals surface area (Å²) >= 11 is 0. The van der Waals surface area contributed by atoms with Gasteiger partial charge in [-0.25, -0.2) is 13.4 Å². The highest BCUT2D eigenvalue weighted by molar-refractivity contribution is 7.89. The van der Waals surface area contributed by atoms with Crippen LogP contribution in [0.4, 0.5) is 0 Å². The van der Waals surface area contributed by atoms with E-state index >= 15 is 0 Å². The average molecular weight is 474 g/mol. The summed E-state index contributed by atoms with van der Waals surface area (Å²) in [6.45, 7) is 6.73. The van der Waals surface area contributed by atoms with Crippen LogP contribution < -0.4 is 10.3 Å². The van der Waals surface area contributed by atoms with Crippen molar-refractivity contribution in [3.05, 3.63) is 34.2 Å². The van der Waals surface area contributed by atoms with Crippen LogP contribution in [-0.2, 0) is 23.5 Å². The number of hydrogen-bond acceptors (Lipinski definition) is 6. The molecule has 4 rings (SSSR count). The lowest BCUT2D eigenvalue weighted by molar-refractivity contribution is 0.268. The van der Waals surface area contributed by atoms with Crippen LogP contribution in [0.1, 0.15) is 52.1 Å². The van der Waals surface area contributed by atoms with Gasteiger partial charge in [0.1, 0.15) is 17.1 Å². The molecule has 10 heteroatoms. The Kier molecular flexibility index (Phi) is 6.58. The molecule has 33 heavy (non-hydrogen) atoms. The molecule has 0 saturated carbocycles. The maximum Gasteiger partial charge on any atom is 0.277 e. The molecular weight excluding hydrogens is 442 g/mol. The van der Waals surface area contributed by atoms with Gasteiger partial charge in [-0.15, -0.1) is 0 Å². The molecule has 1 fully saturated rings. The Morgan fingerprint density at radius 2 is 2.03 bits per heavy atom. The maximum atomic E-state index is 13.5. The number of rotatable bonds is 7. The van der Waals surface area contributed by atoms with Crippen molar-refractivity contribution in [2.45, 2.75) is 63.8 Å². The molecule has 0 amide bonds. The molecule has 0 bridgehead atoms. The summed E-state index contributed by atoms with van der Waals surface area (Å²) in [5, 5.41) is 4.46. The topological polar surface area (TPSA) is 110 Å². The minimum Gasteiger partial charge on any atom is -0.493 e. The molecule has 0 spiro atoms. The molecular formula is C23H31N5O4S. The fourth-order valence-corrected chi connectivity index (χ4v) is 6.21. The SMILES string of the molecule is CCCc1nn(C)c2c(=O)[nH]c(-c3cc(S(=O)(=O)N4CCCCC4C)ccc3OCC)nc12. The van der Waals surface area contributed by atoms with E-state index in [-0.39, 0.29) is 22.3 Å². The molecule has 0 aliphatic carbocycles. The number of nitrogens with one attached hydrogen (secondary N) is 1. The summed E-state index contributed by atoms with van der Waals surface area (Å²) in [4.78, 5) is 20.6. The second-order valence-corrected chi connectivity index (χ2v) is 10.4. The van der Waals surface area contributed by atoms with E-state index in [1.165, 1.54) is 4.68 Å². The Bertz CT molecular complexity index is 1330. The van der Waals surface area contributed by atoms with Gasteiger partial charge in [-0.1, -0.05) is 19.8 Å². The van der Waals surface area contributed by atoms with Crippen molar-refractivity contribution in [2.24, 2.45) is 7.05 Å². The lowest BCUT2D eigenvalue weighted by Crippen LogP contribution is -2.41. The van der Waals surface area contributed by atoms with Gasteiger partial charge < -0.3 is 9.72 Å². The maximum absolute atomic E-state index is 13.5. The van der Waals surface area contributed by atoms with Crippen LogP contribution >= 0.6 is 0 Å². The van der Waals surface area contributed by atoms with E-state index in [2.05, 4.69) is 10.1 Å². The molecule has 2 aromatic heterocycles. The Morgan fingerprint density at radius 1 is 1.24 bits per heavy atom. The third-order valence-electron chi connectivity index (χ3n) is 6.10. The third kappa shape index (κ3) is 4.29. The number of benzene rings is 1. The van der Waals surface area contributed by atoms with Crippen molar-refractivity contribution < 1.29 is 13.2 Å². The number of sulfonamides is 1. The Balaban J connectivity index is 1.89. The highest BCUT2D eigenvalue weighted by atomic mass is 32.2. The number of ether oxygens (including phenoxy) is 1. The van der Waals surface area contributed by atoms with E-state index in [1.807, 2.05) is 20.8 Å². The number of H-pyrrole nitrogens is 1. The van der Waals surface area contributed by atoms with Gasteiger partial charge in [0.15, 0.2) is 5.52 Å². The van der Waals surface area contributed by atoms with Gasteiger partial charge in [-0.05, 0) is 51.3 Å². The molecule has 1 atom stereocenters. The van der Waals surface area contributed by atoms with Crippen molar-refractivity contribution in [2.75, 3.05) is 13.2 Å². The van der Waals surface area contributed by atoms with Crippen LogP contribution in [0.25, 0.3) is 22.4 Å². The second kappa shape index (κ2) is 9.26. The monoisotopic (exact) mass is 473 g/mol. The molecule has 0 radical (unpaired) electrons. The van der Waals surface area contributed by atoms with E-state index in [0.717, 1.165) is 31.4 Å². The van der Waals surface area contributed by atoms with Crippen molar-refractivity contribution in [3.8, 4) is 17.1 Å².